The Hall–Kier alpha value is -3.64. The van der Waals surface area contributed by atoms with Gasteiger partial charge in [-0.3, -0.25) is 29.4 Å². The van der Waals surface area contributed by atoms with Crippen LogP contribution in [-0.4, -0.2) is 48.0 Å². The van der Waals surface area contributed by atoms with Crippen LogP contribution in [0.15, 0.2) is 47.4 Å². The minimum absolute atomic E-state index is 0.00454. The van der Waals surface area contributed by atoms with Gasteiger partial charge in [0.1, 0.15) is 11.6 Å². The molecule has 0 aromatic heterocycles. The summed E-state index contributed by atoms with van der Waals surface area (Å²) in [5.41, 5.74) is -0.763. The third kappa shape index (κ3) is 4.22. The van der Waals surface area contributed by atoms with Crippen molar-refractivity contribution in [2.24, 2.45) is 0 Å². The van der Waals surface area contributed by atoms with Crippen molar-refractivity contribution >= 4 is 39.1 Å². The number of hydrogen-bond donors (Lipinski definition) is 2. The second-order valence-corrected chi connectivity index (χ2v) is 9.12. The summed E-state index contributed by atoms with van der Waals surface area (Å²) in [7, 11) is -3.71. The van der Waals surface area contributed by atoms with Crippen molar-refractivity contribution in [3.8, 4) is 0 Å². The van der Waals surface area contributed by atoms with E-state index < -0.39 is 44.4 Å². The zero-order valence-corrected chi connectivity index (χ0v) is 18.2. The number of fused-ring (bicyclic) bond motifs is 1. The highest BCUT2D eigenvalue weighted by Crippen LogP contribution is 2.32. The van der Waals surface area contributed by atoms with Gasteiger partial charge in [-0.15, -0.1) is 0 Å². The van der Waals surface area contributed by atoms with Gasteiger partial charge in [-0.05, 0) is 51.1 Å². The molecule has 1 atom stereocenters. The number of imide groups is 1. The van der Waals surface area contributed by atoms with E-state index in [2.05, 4.69) is 10.0 Å². The number of rotatable bonds is 7. The number of anilines is 1. The fraction of sp³-hybridized carbons (Fsp3) is 0.250. The van der Waals surface area contributed by atoms with Crippen LogP contribution in [-0.2, 0) is 14.8 Å². The maximum absolute atomic E-state index is 12.7. The third-order valence-electron chi connectivity index (χ3n) is 4.71. The molecule has 1 aliphatic rings. The van der Waals surface area contributed by atoms with Gasteiger partial charge in [-0.25, -0.2) is 13.1 Å². The van der Waals surface area contributed by atoms with E-state index in [1.807, 2.05) is 0 Å². The number of nitro benzene ring substituents is 1. The minimum Gasteiger partial charge on any atom is -0.324 e. The molecule has 2 aromatic rings. The Kier molecular flexibility index (Phi) is 6.10. The minimum atomic E-state index is -3.71. The lowest BCUT2D eigenvalue weighted by atomic mass is 10.1. The van der Waals surface area contributed by atoms with Crippen LogP contribution in [0.3, 0.4) is 0 Å². The lowest BCUT2D eigenvalue weighted by molar-refractivity contribution is -0.385. The number of nitrogens with one attached hydrogen (secondary N) is 2. The molecule has 2 aromatic carbocycles. The first-order chi connectivity index (χ1) is 14.9. The molecule has 32 heavy (non-hydrogen) atoms. The Bertz CT molecular complexity index is 1220. The molecule has 3 amide bonds. The van der Waals surface area contributed by atoms with Gasteiger partial charge in [-0.2, -0.15) is 0 Å². The van der Waals surface area contributed by atoms with Gasteiger partial charge in [0.2, 0.25) is 15.9 Å². The zero-order chi connectivity index (χ0) is 23.8. The molecule has 0 saturated heterocycles. The summed E-state index contributed by atoms with van der Waals surface area (Å²) < 4.78 is 26.8. The van der Waals surface area contributed by atoms with Crippen LogP contribution in [0.1, 0.15) is 41.5 Å². The summed E-state index contributed by atoms with van der Waals surface area (Å²) in [4.78, 5) is 49.2. The highest BCUT2D eigenvalue weighted by Gasteiger charge is 2.44. The largest absolute Gasteiger partial charge is 0.324 e. The summed E-state index contributed by atoms with van der Waals surface area (Å²) >= 11 is 0. The summed E-state index contributed by atoms with van der Waals surface area (Å²) in [6.07, 6.45) is 0. The van der Waals surface area contributed by atoms with Crippen LogP contribution in [0.4, 0.5) is 11.4 Å². The Labute approximate surface area is 183 Å². The molecule has 0 saturated carbocycles. The molecule has 0 fully saturated rings. The predicted octanol–water partition coefficient (Wildman–Crippen LogP) is 1.90. The van der Waals surface area contributed by atoms with Gasteiger partial charge < -0.3 is 5.32 Å². The molecule has 0 bridgehead atoms. The Morgan fingerprint density at radius 1 is 1.03 bits per heavy atom. The van der Waals surface area contributed by atoms with Crippen LogP contribution in [0.2, 0.25) is 0 Å². The van der Waals surface area contributed by atoms with Crippen LogP contribution in [0.25, 0.3) is 0 Å². The molecule has 12 heteroatoms. The number of carbonyl (C=O) groups excluding carboxylic acids is 3. The maximum atomic E-state index is 12.7. The van der Waals surface area contributed by atoms with E-state index in [1.54, 1.807) is 13.8 Å². The second kappa shape index (κ2) is 8.48. The second-order valence-electron chi connectivity index (χ2n) is 7.40. The van der Waals surface area contributed by atoms with Crippen molar-refractivity contribution in [3.63, 3.8) is 0 Å². The first-order valence-corrected chi connectivity index (χ1v) is 11.0. The fourth-order valence-electron chi connectivity index (χ4n) is 3.25. The molecular weight excluding hydrogens is 440 g/mol. The molecule has 1 unspecified atom stereocenters. The van der Waals surface area contributed by atoms with E-state index in [-0.39, 0.29) is 27.8 Å². The molecule has 11 nitrogen and oxygen atoms in total. The number of sulfonamides is 1. The van der Waals surface area contributed by atoms with Crippen molar-refractivity contribution in [1.82, 2.24) is 9.62 Å². The van der Waals surface area contributed by atoms with Crippen molar-refractivity contribution in [2.75, 3.05) is 5.32 Å². The molecule has 1 aliphatic heterocycles. The van der Waals surface area contributed by atoms with E-state index in [4.69, 9.17) is 0 Å². The number of nitro groups is 1. The number of benzene rings is 2. The van der Waals surface area contributed by atoms with Crippen LogP contribution in [0, 0.1) is 10.1 Å². The number of nitrogens with zero attached hydrogens (tertiary/aromatic N) is 2. The average molecular weight is 460 g/mol. The van der Waals surface area contributed by atoms with E-state index in [1.165, 1.54) is 43.3 Å². The number of carbonyl (C=O) groups is 3. The van der Waals surface area contributed by atoms with Gasteiger partial charge >= 0.3 is 0 Å². The SMILES string of the molecule is CC(C)NS(=O)(=O)c1ccc(NC(=O)C(C)N2C(=O)c3cccc([N+](=O)[O-])c3C2=O)cc1. The Balaban J connectivity index is 1.78. The Morgan fingerprint density at radius 3 is 2.22 bits per heavy atom. The highest BCUT2D eigenvalue weighted by atomic mass is 32.2. The van der Waals surface area contributed by atoms with Crippen molar-refractivity contribution < 1.29 is 27.7 Å². The molecule has 0 radical (unpaired) electrons. The Morgan fingerprint density at radius 2 is 1.66 bits per heavy atom. The first-order valence-electron chi connectivity index (χ1n) is 9.52. The molecule has 0 spiro atoms. The van der Waals surface area contributed by atoms with Gasteiger partial charge in [0.05, 0.1) is 15.4 Å². The quantitative estimate of drug-likeness (QED) is 0.363. The number of hydrogen-bond acceptors (Lipinski definition) is 7. The summed E-state index contributed by atoms with van der Waals surface area (Å²) in [5.74, 6) is -2.46. The molecule has 2 N–H and O–H groups in total. The molecule has 1 heterocycles. The van der Waals surface area contributed by atoms with Crippen molar-refractivity contribution in [3.05, 3.63) is 63.7 Å². The normalized spacial score (nSPS) is 14.4. The lowest BCUT2D eigenvalue weighted by Crippen LogP contribution is -2.45. The smallest absolute Gasteiger partial charge is 0.282 e. The lowest BCUT2D eigenvalue weighted by Gasteiger charge is -2.21. The molecule has 3 rings (SSSR count). The highest BCUT2D eigenvalue weighted by molar-refractivity contribution is 7.89. The van der Waals surface area contributed by atoms with Crippen molar-refractivity contribution in [1.29, 1.82) is 0 Å². The van der Waals surface area contributed by atoms with Gasteiger partial charge in [0.15, 0.2) is 0 Å². The summed E-state index contributed by atoms with van der Waals surface area (Å²) in [6.45, 7) is 4.68. The summed E-state index contributed by atoms with van der Waals surface area (Å²) in [5, 5.41) is 13.7. The molecule has 168 valence electrons. The van der Waals surface area contributed by atoms with Crippen LogP contribution >= 0.6 is 0 Å². The zero-order valence-electron chi connectivity index (χ0n) is 17.4. The first kappa shape index (κ1) is 23.0. The number of amides is 3. The predicted molar refractivity (Wildman–Crippen MR) is 114 cm³/mol. The molecule has 0 aliphatic carbocycles. The van der Waals surface area contributed by atoms with Crippen LogP contribution in [0.5, 0.6) is 0 Å². The fourth-order valence-corrected chi connectivity index (χ4v) is 4.50. The topological polar surface area (TPSA) is 156 Å². The third-order valence-corrected chi connectivity index (χ3v) is 6.39. The standard InChI is InChI=1S/C20H20N4O7S/c1-11(2)22-32(30,31)14-9-7-13(8-10-14)21-18(25)12(3)23-19(26)15-5-4-6-16(24(28)29)17(15)20(23)27/h4-12,22H,1-3H3,(H,21,25). The van der Waals surface area contributed by atoms with Crippen LogP contribution < -0.4 is 10.0 Å². The molecular formula is C20H20N4O7S. The van der Waals surface area contributed by atoms with Gasteiger partial charge in [0.25, 0.3) is 17.5 Å². The van der Waals surface area contributed by atoms with Gasteiger partial charge in [0, 0.05) is 17.8 Å². The van der Waals surface area contributed by atoms with E-state index in [9.17, 15) is 32.9 Å². The van der Waals surface area contributed by atoms with E-state index in [0.29, 0.717) is 4.90 Å². The van der Waals surface area contributed by atoms with E-state index >= 15 is 0 Å². The summed E-state index contributed by atoms with van der Waals surface area (Å²) in [6, 6.07) is 7.47. The average Bonchev–Trinajstić information content (AvgIpc) is 2.97. The van der Waals surface area contributed by atoms with Crippen molar-refractivity contribution in [2.45, 2.75) is 37.8 Å². The monoisotopic (exact) mass is 460 g/mol. The van der Waals surface area contributed by atoms with Gasteiger partial charge in [-0.1, -0.05) is 6.07 Å². The van der Waals surface area contributed by atoms with E-state index in [0.717, 1.165) is 6.07 Å². The maximum Gasteiger partial charge on any atom is 0.282 e.